The van der Waals surface area contributed by atoms with Gasteiger partial charge in [-0.1, -0.05) is 30.3 Å². The van der Waals surface area contributed by atoms with E-state index in [9.17, 15) is 15.0 Å². The fourth-order valence-electron chi connectivity index (χ4n) is 3.68. The Labute approximate surface area is 145 Å². The van der Waals surface area contributed by atoms with Crippen molar-refractivity contribution in [1.82, 2.24) is 10.3 Å². The smallest absolute Gasteiger partial charge is 0.248 e. The quantitative estimate of drug-likeness (QED) is 0.590. The number of pyridine rings is 1. The van der Waals surface area contributed by atoms with Crippen LogP contribution in [0.4, 0.5) is 0 Å². The lowest BCUT2D eigenvalue weighted by Gasteiger charge is -2.19. The van der Waals surface area contributed by atoms with Crippen LogP contribution in [-0.4, -0.2) is 21.7 Å². The second-order valence-corrected chi connectivity index (χ2v) is 6.50. The molecule has 0 saturated carbocycles. The molecule has 0 radical (unpaired) electrons. The van der Waals surface area contributed by atoms with Gasteiger partial charge < -0.3 is 20.5 Å². The summed E-state index contributed by atoms with van der Waals surface area (Å²) in [6.45, 7) is 0.401. The van der Waals surface area contributed by atoms with E-state index in [1.807, 2.05) is 6.07 Å². The topological polar surface area (TPSA) is 85.3 Å². The van der Waals surface area contributed by atoms with E-state index in [-0.39, 0.29) is 17.4 Å². The van der Waals surface area contributed by atoms with Gasteiger partial charge in [0.2, 0.25) is 5.56 Å². The standard InChI is InChI=1S/C20H20N2O3/c23-17-9-6-14(15-7-10-19(25)22-20(15)17)18(24)11-21-16-8-5-12-3-1-2-4-13(12)16/h1-4,6-7,9-10,16,18,21,23-24H,5,8,11H2,(H,22,25)/t16?,18-/m0/s1. The first-order valence-corrected chi connectivity index (χ1v) is 8.47. The van der Waals surface area contributed by atoms with E-state index >= 15 is 0 Å². The van der Waals surface area contributed by atoms with Gasteiger partial charge in [0.15, 0.2) is 0 Å². The fraction of sp³-hybridized carbons (Fsp3) is 0.250. The largest absolute Gasteiger partial charge is 0.506 e. The highest BCUT2D eigenvalue weighted by Gasteiger charge is 2.23. The molecule has 1 aliphatic carbocycles. The molecule has 0 bridgehead atoms. The molecule has 1 heterocycles. The molecule has 3 aromatic rings. The van der Waals surface area contributed by atoms with Gasteiger partial charge in [-0.2, -0.15) is 0 Å². The lowest BCUT2D eigenvalue weighted by atomic mass is 10.0. The number of aromatic amines is 1. The lowest BCUT2D eigenvalue weighted by molar-refractivity contribution is 0.171. The number of nitrogens with one attached hydrogen (secondary N) is 2. The van der Waals surface area contributed by atoms with E-state index < -0.39 is 6.10 Å². The molecule has 25 heavy (non-hydrogen) atoms. The zero-order valence-electron chi connectivity index (χ0n) is 13.7. The first kappa shape index (κ1) is 15.9. The van der Waals surface area contributed by atoms with Crippen molar-refractivity contribution >= 4 is 10.9 Å². The molecule has 4 N–H and O–H groups in total. The van der Waals surface area contributed by atoms with Gasteiger partial charge in [-0.25, -0.2) is 0 Å². The lowest BCUT2D eigenvalue weighted by Crippen LogP contribution is -2.25. The number of benzene rings is 2. The van der Waals surface area contributed by atoms with E-state index in [0.717, 1.165) is 12.8 Å². The zero-order valence-corrected chi connectivity index (χ0v) is 13.7. The van der Waals surface area contributed by atoms with Gasteiger partial charge in [0.1, 0.15) is 5.75 Å². The number of H-pyrrole nitrogens is 1. The van der Waals surface area contributed by atoms with E-state index in [1.54, 1.807) is 12.1 Å². The van der Waals surface area contributed by atoms with E-state index in [0.29, 0.717) is 23.0 Å². The molecular formula is C20H20N2O3. The number of aryl methyl sites for hydroxylation is 1. The van der Waals surface area contributed by atoms with Gasteiger partial charge in [0, 0.05) is 24.0 Å². The molecule has 5 nitrogen and oxygen atoms in total. The van der Waals surface area contributed by atoms with Crippen LogP contribution in [0.5, 0.6) is 5.75 Å². The first-order chi connectivity index (χ1) is 12.1. The Bertz CT molecular complexity index is 980. The predicted molar refractivity (Wildman–Crippen MR) is 96.7 cm³/mol. The maximum atomic E-state index is 11.5. The summed E-state index contributed by atoms with van der Waals surface area (Å²) in [7, 11) is 0. The van der Waals surface area contributed by atoms with Crippen LogP contribution in [-0.2, 0) is 6.42 Å². The molecule has 5 heteroatoms. The number of rotatable bonds is 4. The van der Waals surface area contributed by atoms with Crippen LogP contribution in [0.25, 0.3) is 10.9 Å². The Morgan fingerprint density at radius 3 is 2.88 bits per heavy atom. The minimum atomic E-state index is -0.734. The third-order valence-electron chi connectivity index (χ3n) is 4.96. The summed E-state index contributed by atoms with van der Waals surface area (Å²) in [6.07, 6.45) is 1.34. The van der Waals surface area contributed by atoms with Crippen LogP contribution in [0.2, 0.25) is 0 Å². The van der Waals surface area contributed by atoms with E-state index in [2.05, 4.69) is 28.5 Å². The summed E-state index contributed by atoms with van der Waals surface area (Å²) in [5.41, 5.74) is 3.42. The van der Waals surface area contributed by atoms with Crippen LogP contribution in [0, 0.1) is 0 Å². The van der Waals surface area contributed by atoms with Gasteiger partial charge in [0.05, 0.1) is 11.6 Å². The average molecular weight is 336 g/mol. The maximum absolute atomic E-state index is 11.5. The van der Waals surface area contributed by atoms with Crippen LogP contribution in [0.1, 0.15) is 35.3 Å². The van der Waals surface area contributed by atoms with E-state index in [1.165, 1.54) is 23.3 Å². The Kier molecular flexibility index (Phi) is 4.03. The van der Waals surface area contributed by atoms with Crippen molar-refractivity contribution in [3.05, 3.63) is 75.6 Å². The number of aromatic nitrogens is 1. The normalized spacial score (nSPS) is 17.6. The second-order valence-electron chi connectivity index (χ2n) is 6.50. The number of hydrogen-bond donors (Lipinski definition) is 4. The predicted octanol–water partition coefficient (Wildman–Crippen LogP) is 2.54. The molecule has 4 rings (SSSR count). The highest BCUT2D eigenvalue weighted by Crippen LogP contribution is 2.32. The Morgan fingerprint density at radius 1 is 1.16 bits per heavy atom. The Hall–Kier alpha value is -2.63. The summed E-state index contributed by atoms with van der Waals surface area (Å²) in [6, 6.07) is 14.9. The van der Waals surface area contributed by atoms with Gasteiger partial charge in [0.25, 0.3) is 0 Å². The molecular weight excluding hydrogens is 316 g/mol. The summed E-state index contributed by atoms with van der Waals surface area (Å²) >= 11 is 0. The Morgan fingerprint density at radius 2 is 2.00 bits per heavy atom. The molecule has 128 valence electrons. The van der Waals surface area contributed by atoms with Gasteiger partial charge in [-0.15, -0.1) is 0 Å². The van der Waals surface area contributed by atoms with Crippen molar-refractivity contribution in [2.24, 2.45) is 0 Å². The molecule has 1 unspecified atom stereocenters. The number of aliphatic hydroxyl groups is 1. The molecule has 0 spiro atoms. The highest BCUT2D eigenvalue weighted by molar-refractivity contribution is 5.87. The first-order valence-electron chi connectivity index (χ1n) is 8.47. The highest BCUT2D eigenvalue weighted by atomic mass is 16.3. The third kappa shape index (κ3) is 2.92. The molecule has 0 aliphatic heterocycles. The summed E-state index contributed by atoms with van der Waals surface area (Å²) in [5, 5.41) is 24.7. The van der Waals surface area contributed by atoms with E-state index in [4.69, 9.17) is 0 Å². The number of phenols is 1. The van der Waals surface area contributed by atoms with Crippen molar-refractivity contribution < 1.29 is 10.2 Å². The molecule has 0 saturated heterocycles. The van der Waals surface area contributed by atoms with Crippen LogP contribution < -0.4 is 10.9 Å². The Balaban J connectivity index is 1.56. The van der Waals surface area contributed by atoms with Gasteiger partial charge in [-0.05, 0) is 41.7 Å². The third-order valence-corrected chi connectivity index (χ3v) is 4.96. The maximum Gasteiger partial charge on any atom is 0.248 e. The average Bonchev–Trinajstić information content (AvgIpc) is 3.04. The van der Waals surface area contributed by atoms with Crippen LogP contribution in [0.15, 0.2) is 53.3 Å². The zero-order chi connectivity index (χ0) is 17.4. The SMILES string of the molecule is O=c1ccc2c([C@@H](O)CNC3CCc4ccccc43)ccc(O)c2[nH]1. The minimum absolute atomic E-state index is 0.00123. The van der Waals surface area contributed by atoms with Crippen molar-refractivity contribution in [2.45, 2.75) is 25.0 Å². The minimum Gasteiger partial charge on any atom is -0.506 e. The molecule has 1 aromatic heterocycles. The number of phenolic OH excluding ortho intramolecular Hbond substituents is 1. The molecule has 2 aromatic carbocycles. The monoisotopic (exact) mass is 336 g/mol. The number of aliphatic hydroxyl groups excluding tert-OH is 1. The molecule has 2 atom stereocenters. The summed E-state index contributed by atoms with van der Waals surface area (Å²) in [4.78, 5) is 14.1. The summed E-state index contributed by atoms with van der Waals surface area (Å²) < 4.78 is 0. The number of fused-ring (bicyclic) bond motifs is 2. The molecule has 0 amide bonds. The van der Waals surface area contributed by atoms with Crippen LogP contribution >= 0.6 is 0 Å². The van der Waals surface area contributed by atoms with Crippen molar-refractivity contribution in [3.63, 3.8) is 0 Å². The number of aromatic hydroxyl groups is 1. The number of hydrogen-bond acceptors (Lipinski definition) is 4. The molecule has 0 fully saturated rings. The summed E-state index contributed by atoms with van der Waals surface area (Å²) in [5.74, 6) is 0.00123. The van der Waals surface area contributed by atoms with Crippen molar-refractivity contribution in [1.29, 1.82) is 0 Å². The van der Waals surface area contributed by atoms with Crippen molar-refractivity contribution in [2.75, 3.05) is 6.54 Å². The van der Waals surface area contributed by atoms with Gasteiger partial charge >= 0.3 is 0 Å². The second kappa shape index (κ2) is 6.35. The fourth-order valence-corrected chi connectivity index (χ4v) is 3.68. The van der Waals surface area contributed by atoms with Crippen molar-refractivity contribution in [3.8, 4) is 5.75 Å². The molecule has 1 aliphatic rings. The van der Waals surface area contributed by atoms with Crippen LogP contribution in [0.3, 0.4) is 0 Å². The van der Waals surface area contributed by atoms with Gasteiger partial charge in [-0.3, -0.25) is 4.79 Å².